The van der Waals surface area contributed by atoms with Crippen LogP contribution < -0.4 is 5.32 Å². The summed E-state index contributed by atoms with van der Waals surface area (Å²) in [6, 6.07) is 5.84. The van der Waals surface area contributed by atoms with Crippen LogP contribution in [0.25, 0.3) is 16.8 Å². The van der Waals surface area contributed by atoms with E-state index in [1.165, 1.54) is 6.07 Å². The number of hydrogen-bond donors (Lipinski definition) is 3. The second-order valence-electron chi connectivity index (χ2n) is 5.15. The van der Waals surface area contributed by atoms with Gasteiger partial charge in [0, 0.05) is 17.8 Å². The maximum absolute atomic E-state index is 14.2. The Morgan fingerprint density at radius 1 is 1.39 bits per heavy atom. The van der Waals surface area contributed by atoms with E-state index in [-0.39, 0.29) is 22.0 Å². The third kappa shape index (κ3) is 2.93. The average Bonchev–Trinajstić information content (AvgIpc) is 2.94. The van der Waals surface area contributed by atoms with Gasteiger partial charge in [-0.05, 0) is 31.2 Å². The van der Waals surface area contributed by atoms with Crippen LogP contribution in [0, 0.1) is 5.82 Å². The first-order chi connectivity index (χ1) is 11.0. The summed E-state index contributed by atoms with van der Waals surface area (Å²) in [5.74, 6) is -0.585. The van der Waals surface area contributed by atoms with Crippen molar-refractivity contribution >= 4 is 23.1 Å². The SMILES string of the molecule is C[C@H](O)CNc1nnc(-c2c(O)cc(Cl)cc2F)c2cccn12. The summed E-state index contributed by atoms with van der Waals surface area (Å²) in [6.45, 7) is 1.94. The Kier molecular flexibility index (Phi) is 4.06. The van der Waals surface area contributed by atoms with Gasteiger partial charge in [-0.1, -0.05) is 11.6 Å². The van der Waals surface area contributed by atoms with Crippen molar-refractivity contribution in [3.05, 3.63) is 41.3 Å². The molecule has 3 aromatic rings. The molecule has 0 aliphatic carbocycles. The molecule has 3 rings (SSSR count). The molecule has 8 heteroatoms. The lowest BCUT2D eigenvalue weighted by atomic mass is 10.1. The van der Waals surface area contributed by atoms with Crippen LogP contribution in [0.3, 0.4) is 0 Å². The number of benzene rings is 1. The van der Waals surface area contributed by atoms with Crippen LogP contribution in [0.2, 0.25) is 5.02 Å². The number of anilines is 1. The van der Waals surface area contributed by atoms with Gasteiger partial charge < -0.3 is 15.5 Å². The molecule has 0 radical (unpaired) electrons. The molecule has 0 spiro atoms. The van der Waals surface area contributed by atoms with E-state index < -0.39 is 11.9 Å². The maximum atomic E-state index is 14.2. The zero-order valence-electron chi connectivity index (χ0n) is 12.2. The highest BCUT2D eigenvalue weighted by molar-refractivity contribution is 6.30. The minimum Gasteiger partial charge on any atom is -0.507 e. The minimum absolute atomic E-state index is 0.0623. The van der Waals surface area contributed by atoms with E-state index in [4.69, 9.17) is 11.6 Å². The van der Waals surface area contributed by atoms with Crippen LogP contribution in [0.4, 0.5) is 10.3 Å². The molecule has 6 nitrogen and oxygen atoms in total. The van der Waals surface area contributed by atoms with Gasteiger partial charge in [0.2, 0.25) is 5.95 Å². The van der Waals surface area contributed by atoms with Gasteiger partial charge in [-0.15, -0.1) is 10.2 Å². The third-order valence-electron chi connectivity index (χ3n) is 3.29. The van der Waals surface area contributed by atoms with Crippen LogP contribution in [-0.4, -0.2) is 37.5 Å². The van der Waals surface area contributed by atoms with Gasteiger partial charge in [0.25, 0.3) is 0 Å². The molecule has 3 N–H and O–H groups in total. The second-order valence-corrected chi connectivity index (χ2v) is 5.58. The van der Waals surface area contributed by atoms with E-state index >= 15 is 0 Å². The number of rotatable bonds is 4. The Morgan fingerprint density at radius 2 is 2.17 bits per heavy atom. The predicted octanol–water partition coefficient (Wildman–Crippen LogP) is 2.69. The van der Waals surface area contributed by atoms with Crippen molar-refractivity contribution in [2.24, 2.45) is 0 Å². The number of aliphatic hydroxyl groups is 1. The fourth-order valence-electron chi connectivity index (χ4n) is 2.29. The van der Waals surface area contributed by atoms with Gasteiger partial charge in [0.1, 0.15) is 17.3 Å². The van der Waals surface area contributed by atoms with Gasteiger partial charge in [-0.25, -0.2) is 4.39 Å². The molecule has 1 atom stereocenters. The Hall–Kier alpha value is -2.38. The van der Waals surface area contributed by atoms with E-state index in [1.807, 2.05) is 0 Å². The quantitative estimate of drug-likeness (QED) is 0.682. The Labute approximate surface area is 136 Å². The smallest absolute Gasteiger partial charge is 0.227 e. The van der Waals surface area contributed by atoms with Crippen molar-refractivity contribution in [3.8, 4) is 17.0 Å². The van der Waals surface area contributed by atoms with Gasteiger partial charge in [-0.3, -0.25) is 4.40 Å². The van der Waals surface area contributed by atoms with Crippen molar-refractivity contribution in [1.82, 2.24) is 14.6 Å². The van der Waals surface area contributed by atoms with Gasteiger partial charge in [0.15, 0.2) is 0 Å². The lowest BCUT2D eigenvalue weighted by Crippen LogP contribution is -2.18. The molecule has 0 aliphatic rings. The Balaban J connectivity index is 2.14. The van der Waals surface area contributed by atoms with E-state index in [0.717, 1.165) is 6.07 Å². The predicted molar refractivity (Wildman–Crippen MR) is 85.2 cm³/mol. The summed E-state index contributed by atoms with van der Waals surface area (Å²) in [5.41, 5.74) is 0.696. The monoisotopic (exact) mass is 336 g/mol. The van der Waals surface area contributed by atoms with Gasteiger partial charge in [0.05, 0.1) is 17.2 Å². The molecular formula is C15H14ClFN4O2. The average molecular weight is 337 g/mol. The highest BCUT2D eigenvalue weighted by Gasteiger charge is 2.18. The topological polar surface area (TPSA) is 82.7 Å². The summed E-state index contributed by atoms with van der Waals surface area (Å²) in [6.07, 6.45) is 1.17. The molecule has 0 fully saturated rings. The van der Waals surface area contributed by atoms with Crippen LogP contribution in [0.15, 0.2) is 30.5 Å². The minimum atomic E-state index is -0.683. The Morgan fingerprint density at radius 3 is 2.87 bits per heavy atom. The molecule has 0 saturated heterocycles. The lowest BCUT2D eigenvalue weighted by molar-refractivity contribution is 0.208. The third-order valence-corrected chi connectivity index (χ3v) is 3.51. The molecule has 1 aromatic carbocycles. The molecule has 0 saturated carbocycles. The number of fused-ring (bicyclic) bond motifs is 1. The van der Waals surface area contributed by atoms with Crippen molar-refractivity contribution in [3.63, 3.8) is 0 Å². The number of nitrogens with zero attached hydrogens (tertiary/aromatic N) is 3. The highest BCUT2D eigenvalue weighted by Crippen LogP contribution is 2.35. The second kappa shape index (κ2) is 6.02. The summed E-state index contributed by atoms with van der Waals surface area (Å²) in [4.78, 5) is 0. The van der Waals surface area contributed by atoms with Gasteiger partial charge >= 0.3 is 0 Å². The molecule has 120 valence electrons. The molecule has 0 aliphatic heterocycles. The van der Waals surface area contributed by atoms with Crippen molar-refractivity contribution < 1.29 is 14.6 Å². The van der Waals surface area contributed by atoms with Crippen molar-refractivity contribution in [2.45, 2.75) is 13.0 Å². The van der Waals surface area contributed by atoms with Crippen LogP contribution in [0.1, 0.15) is 6.92 Å². The van der Waals surface area contributed by atoms with Gasteiger partial charge in [-0.2, -0.15) is 0 Å². The summed E-state index contributed by atoms with van der Waals surface area (Å²) < 4.78 is 15.9. The Bertz CT molecular complexity index is 843. The standard InChI is InChI=1S/C15H14ClFN4O2/c1-8(22)7-18-15-20-19-14(11-3-2-4-21(11)15)13-10(17)5-9(16)6-12(13)23/h2-6,8,22-23H,7H2,1H3,(H,18,20)/t8-/m0/s1. The zero-order valence-corrected chi connectivity index (χ0v) is 12.9. The van der Waals surface area contributed by atoms with E-state index in [9.17, 15) is 14.6 Å². The first-order valence-electron chi connectivity index (χ1n) is 6.91. The fourth-order valence-corrected chi connectivity index (χ4v) is 2.49. The largest absolute Gasteiger partial charge is 0.507 e. The van der Waals surface area contributed by atoms with E-state index in [0.29, 0.717) is 18.0 Å². The van der Waals surface area contributed by atoms with Crippen molar-refractivity contribution in [1.29, 1.82) is 0 Å². The molecule has 0 unspecified atom stereocenters. The normalized spacial score (nSPS) is 12.5. The molecule has 2 aromatic heterocycles. The first kappa shape index (κ1) is 15.5. The number of aromatic hydroxyl groups is 1. The molecule has 23 heavy (non-hydrogen) atoms. The fraction of sp³-hybridized carbons (Fsp3) is 0.200. The zero-order chi connectivity index (χ0) is 16.6. The van der Waals surface area contributed by atoms with Crippen LogP contribution in [-0.2, 0) is 0 Å². The first-order valence-corrected chi connectivity index (χ1v) is 7.29. The maximum Gasteiger partial charge on any atom is 0.227 e. The highest BCUT2D eigenvalue weighted by atomic mass is 35.5. The number of hydrogen-bond acceptors (Lipinski definition) is 5. The summed E-state index contributed by atoms with van der Waals surface area (Å²) >= 11 is 5.73. The van der Waals surface area contributed by atoms with Crippen LogP contribution >= 0.6 is 11.6 Å². The van der Waals surface area contributed by atoms with Crippen LogP contribution in [0.5, 0.6) is 5.75 Å². The molecular weight excluding hydrogens is 323 g/mol. The molecule has 0 amide bonds. The lowest BCUT2D eigenvalue weighted by Gasteiger charge is -2.12. The number of aromatic nitrogens is 3. The number of phenols is 1. The number of halogens is 2. The summed E-state index contributed by atoms with van der Waals surface area (Å²) in [7, 11) is 0. The van der Waals surface area contributed by atoms with E-state index in [2.05, 4.69) is 15.5 Å². The molecule has 0 bridgehead atoms. The van der Waals surface area contributed by atoms with Crippen molar-refractivity contribution in [2.75, 3.05) is 11.9 Å². The molecule has 2 heterocycles. The number of phenolic OH excluding ortho intramolecular Hbond substituents is 1. The summed E-state index contributed by atoms with van der Waals surface area (Å²) in [5, 5.41) is 30.5. The number of aliphatic hydroxyl groups excluding tert-OH is 1. The number of nitrogens with one attached hydrogen (secondary N) is 1. The van der Waals surface area contributed by atoms with E-state index in [1.54, 1.807) is 29.7 Å².